The standard InChI is InChI=1S/C8H9NO5S.Na/c1-6-2-3-7(5-15(12,13)14)8(4-6)9(10)11;/h2-4H,5H2,1H3,(H,12,13,14);/q;+1/p-1. The van der Waals surface area contributed by atoms with Crippen LogP contribution in [-0.4, -0.2) is 17.9 Å². The molecule has 1 aromatic carbocycles. The maximum Gasteiger partial charge on any atom is 1.00 e. The van der Waals surface area contributed by atoms with Gasteiger partial charge in [-0.25, -0.2) is 8.42 Å². The van der Waals surface area contributed by atoms with Gasteiger partial charge in [-0.2, -0.15) is 0 Å². The molecule has 0 atom stereocenters. The number of nitro benzene ring substituents is 1. The summed E-state index contributed by atoms with van der Waals surface area (Å²) in [5.41, 5.74) is 0.212. The molecule has 0 radical (unpaired) electrons. The largest absolute Gasteiger partial charge is 1.00 e. The molecule has 0 amide bonds. The van der Waals surface area contributed by atoms with Crippen molar-refractivity contribution < 1.29 is 47.5 Å². The second-order valence-corrected chi connectivity index (χ2v) is 4.50. The van der Waals surface area contributed by atoms with Gasteiger partial charge in [0.05, 0.1) is 20.8 Å². The summed E-state index contributed by atoms with van der Waals surface area (Å²) in [6, 6.07) is 4.04. The first kappa shape index (κ1) is 15.5. The molecule has 0 heterocycles. The molecule has 0 aromatic heterocycles. The molecule has 1 rings (SSSR count). The molecule has 0 aliphatic heterocycles. The van der Waals surface area contributed by atoms with E-state index in [2.05, 4.69) is 0 Å². The second kappa shape index (κ2) is 5.74. The summed E-state index contributed by atoms with van der Waals surface area (Å²) in [7, 11) is -4.50. The van der Waals surface area contributed by atoms with Gasteiger partial charge in [0.15, 0.2) is 0 Å². The SMILES string of the molecule is Cc1ccc(CS(=O)(=O)[O-])c([N+](=O)[O-])c1.[Na+]. The monoisotopic (exact) mass is 253 g/mol. The van der Waals surface area contributed by atoms with E-state index in [1.54, 1.807) is 6.92 Å². The van der Waals surface area contributed by atoms with Gasteiger partial charge < -0.3 is 4.55 Å². The van der Waals surface area contributed by atoms with Gasteiger partial charge in [-0.1, -0.05) is 12.1 Å². The van der Waals surface area contributed by atoms with E-state index in [0.717, 1.165) is 0 Å². The summed E-state index contributed by atoms with van der Waals surface area (Å²) in [6.07, 6.45) is 0. The van der Waals surface area contributed by atoms with Crippen molar-refractivity contribution in [1.82, 2.24) is 0 Å². The van der Waals surface area contributed by atoms with Gasteiger partial charge in [0.25, 0.3) is 5.69 Å². The Bertz CT molecular complexity index is 499. The molecule has 0 saturated heterocycles. The topological polar surface area (TPSA) is 100 Å². The summed E-state index contributed by atoms with van der Waals surface area (Å²) >= 11 is 0. The number of nitro groups is 1. The van der Waals surface area contributed by atoms with Crippen LogP contribution in [0, 0.1) is 17.0 Å². The zero-order chi connectivity index (χ0) is 11.6. The Labute approximate surface area is 115 Å². The van der Waals surface area contributed by atoms with Crippen molar-refractivity contribution in [3.8, 4) is 0 Å². The number of hydrogen-bond donors (Lipinski definition) is 0. The molecule has 1 aromatic rings. The van der Waals surface area contributed by atoms with Crippen LogP contribution in [0.2, 0.25) is 0 Å². The van der Waals surface area contributed by atoms with E-state index in [1.165, 1.54) is 18.2 Å². The van der Waals surface area contributed by atoms with E-state index in [1.807, 2.05) is 0 Å². The molecule has 0 aliphatic rings. The number of aryl methyl sites for hydroxylation is 1. The van der Waals surface area contributed by atoms with Gasteiger partial charge in [0, 0.05) is 11.6 Å². The molecule has 0 aliphatic carbocycles. The van der Waals surface area contributed by atoms with Gasteiger partial charge in [0.2, 0.25) is 0 Å². The fraction of sp³-hybridized carbons (Fsp3) is 0.250. The van der Waals surface area contributed by atoms with E-state index in [0.29, 0.717) is 5.56 Å². The van der Waals surface area contributed by atoms with Gasteiger partial charge >= 0.3 is 29.6 Å². The minimum Gasteiger partial charge on any atom is -0.748 e. The molecular weight excluding hydrogens is 245 g/mol. The summed E-state index contributed by atoms with van der Waals surface area (Å²) < 4.78 is 31.4. The van der Waals surface area contributed by atoms with Crippen LogP contribution in [0.4, 0.5) is 5.69 Å². The number of rotatable bonds is 3. The van der Waals surface area contributed by atoms with Crippen molar-refractivity contribution in [2.75, 3.05) is 0 Å². The van der Waals surface area contributed by atoms with Crippen molar-refractivity contribution in [2.24, 2.45) is 0 Å². The minimum absolute atomic E-state index is 0. The Kier molecular flexibility index (Phi) is 5.57. The molecule has 8 heteroatoms. The Morgan fingerprint density at radius 3 is 2.38 bits per heavy atom. The normalized spacial score (nSPS) is 10.6. The first-order chi connectivity index (χ1) is 6.79. The summed E-state index contributed by atoms with van der Waals surface area (Å²) in [5, 5.41) is 10.6. The van der Waals surface area contributed by atoms with E-state index in [4.69, 9.17) is 0 Å². The Morgan fingerprint density at radius 2 is 1.94 bits per heavy atom. The summed E-state index contributed by atoms with van der Waals surface area (Å²) in [5.74, 6) is -0.858. The van der Waals surface area contributed by atoms with Gasteiger partial charge in [-0.15, -0.1) is 0 Å². The number of benzene rings is 1. The number of hydrogen-bond acceptors (Lipinski definition) is 5. The third-order valence-electron chi connectivity index (χ3n) is 1.77. The second-order valence-electron chi connectivity index (χ2n) is 3.09. The third kappa shape index (κ3) is 4.58. The zero-order valence-corrected chi connectivity index (χ0v) is 11.7. The minimum atomic E-state index is -4.50. The van der Waals surface area contributed by atoms with E-state index >= 15 is 0 Å². The molecule has 0 N–H and O–H groups in total. The average molecular weight is 253 g/mol. The predicted octanol–water partition coefficient (Wildman–Crippen LogP) is -2.05. The molecule has 0 bridgehead atoms. The van der Waals surface area contributed by atoms with Crippen LogP contribution in [0.3, 0.4) is 0 Å². The van der Waals surface area contributed by atoms with E-state index in [9.17, 15) is 23.1 Å². The third-order valence-corrected chi connectivity index (χ3v) is 2.43. The average Bonchev–Trinajstić information content (AvgIpc) is 2.05. The van der Waals surface area contributed by atoms with Crippen LogP contribution >= 0.6 is 0 Å². The first-order valence-corrected chi connectivity index (χ1v) is 5.55. The van der Waals surface area contributed by atoms with Crippen molar-refractivity contribution in [2.45, 2.75) is 12.7 Å². The van der Waals surface area contributed by atoms with Crippen LogP contribution in [0.15, 0.2) is 18.2 Å². The Morgan fingerprint density at radius 1 is 1.38 bits per heavy atom. The molecule has 0 unspecified atom stereocenters. The number of nitrogens with zero attached hydrogens (tertiary/aromatic N) is 1. The van der Waals surface area contributed by atoms with E-state index < -0.39 is 20.8 Å². The quantitative estimate of drug-likeness (QED) is 0.267. The smallest absolute Gasteiger partial charge is 0.748 e. The maximum absolute atomic E-state index is 10.6. The van der Waals surface area contributed by atoms with Gasteiger partial charge in [0.1, 0.15) is 0 Å². The summed E-state index contributed by atoms with van der Waals surface area (Å²) in [6.45, 7) is 1.64. The van der Waals surface area contributed by atoms with Crippen LogP contribution in [0.25, 0.3) is 0 Å². The fourth-order valence-corrected chi connectivity index (χ4v) is 1.78. The molecular formula is C8H8NNaO5S. The van der Waals surface area contributed by atoms with Crippen LogP contribution < -0.4 is 29.6 Å². The van der Waals surface area contributed by atoms with Gasteiger partial charge in [-0.05, 0) is 12.5 Å². The molecule has 0 saturated carbocycles. The first-order valence-electron chi connectivity index (χ1n) is 3.97. The predicted molar refractivity (Wildman–Crippen MR) is 51.2 cm³/mol. The van der Waals surface area contributed by atoms with Crippen LogP contribution in [0.5, 0.6) is 0 Å². The molecule has 6 nitrogen and oxygen atoms in total. The Hall–Kier alpha value is -0.470. The van der Waals surface area contributed by atoms with Crippen LogP contribution in [0.1, 0.15) is 11.1 Å². The van der Waals surface area contributed by atoms with Crippen LogP contribution in [-0.2, 0) is 15.9 Å². The maximum atomic E-state index is 10.6. The molecule has 0 fully saturated rings. The van der Waals surface area contributed by atoms with E-state index in [-0.39, 0.29) is 40.8 Å². The molecule has 16 heavy (non-hydrogen) atoms. The fourth-order valence-electron chi connectivity index (χ4n) is 1.16. The van der Waals surface area contributed by atoms with Crippen molar-refractivity contribution in [3.63, 3.8) is 0 Å². The molecule has 82 valence electrons. The Balaban J connectivity index is 0.00000225. The van der Waals surface area contributed by atoms with Crippen molar-refractivity contribution >= 4 is 15.8 Å². The summed E-state index contributed by atoms with van der Waals surface area (Å²) in [4.78, 5) is 9.87. The van der Waals surface area contributed by atoms with Crippen molar-refractivity contribution in [3.05, 3.63) is 39.4 Å². The van der Waals surface area contributed by atoms with Gasteiger partial charge in [-0.3, -0.25) is 10.1 Å². The van der Waals surface area contributed by atoms with Crippen molar-refractivity contribution in [1.29, 1.82) is 0 Å². The molecule has 0 spiro atoms. The zero-order valence-electron chi connectivity index (χ0n) is 8.84.